The highest BCUT2D eigenvalue weighted by Crippen LogP contribution is 2.43. The number of nitrogens with one attached hydrogen (secondary N) is 3. The van der Waals surface area contributed by atoms with E-state index in [0.29, 0.717) is 5.75 Å². The standard InChI is InChI=1S/C43H47ClN6O7S/c1-43(2)16-14-31(37(27-43)29-4-6-32(44)7-5-29)28-48-19-21-49(22-20-48)33-8-11-36(41(25-33)57-34-9-12-38-30(24-34)15-17-45-38)42(51)47-58(54,55)35-10-13-39(46-18-23-56-3)40(26-35)50(52)53/h4-13,15,17,24-26,45-46H,14,16,18-23,27-28H2,1-3H3,(H,47,51). The number of aromatic amines is 1. The Balaban J connectivity index is 1.11. The summed E-state index contributed by atoms with van der Waals surface area (Å²) >= 11 is 6.23. The van der Waals surface area contributed by atoms with Crippen LogP contribution in [0.25, 0.3) is 16.5 Å². The Morgan fingerprint density at radius 2 is 1.76 bits per heavy atom. The first-order chi connectivity index (χ1) is 27.8. The average Bonchev–Trinajstić information content (AvgIpc) is 3.67. The Hall–Kier alpha value is -5.41. The smallest absolute Gasteiger partial charge is 0.293 e. The van der Waals surface area contributed by atoms with Crippen LogP contribution >= 0.6 is 11.6 Å². The van der Waals surface area contributed by atoms with Crippen molar-refractivity contribution in [1.82, 2.24) is 14.6 Å². The van der Waals surface area contributed by atoms with Crippen molar-refractivity contribution in [2.75, 3.05) is 63.2 Å². The number of fused-ring (bicyclic) bond motifs is 1. The van der Waals surface area contributed by atoms with Crippen molar-refractivity contribution in [1.29, 1.82) is 0 Å². The molecule has 0 spiro atoms. The number of nitrogens with zero attached hydrogens (tertiary/aromatic N) is 3. The number of hydrogen-bond acceptors (Lipinski definition) is 10. The second-order valence-corrected chi connectivity index (χ2v) is 17.6. The molecule has 3 N–H and O–H groups in total. The molecule has 0 bridgehead atoms. The number of methoxy groups -OCH3 is 1. The molecule has 1 saturated heterocycles. The highest BCUT2D eigenvalue weighted by Gasteiger charge is 2.30. The monoisotopic (exact) mass is 826 g/mol. The van der Waals surface area contributed by atoms with Gasteiger partial charge in [-0.15, -0.1) is 0 Å². The first-order valence-corrected chi connectivity index (χ1v) is 21.1. The van der Waals surface area contributed by atoms with Crippen LogP contribution in [-0.2, 0) is 14.8 Å². The number of anilines is 2. The summed E-state index contributed by atoms with van der Waals surface area (Å²) in [6.07, 6.45) is 5.02. The van der Waals surface area contributed by atoms with E-state index >= 15 is 0 Å². The van der Waals surface area contributed by atoms with Gasteiger partial charge in [0, 0.05) is 86.3 Å². The number of H-pyrrole nitrogens is 1. The predicted octanol–water partition coefficient (Wildman–Crippen LogP) is 8.48. The van der Waals surface area contributed by atoms with Crippen LogP contribution < -0.4 is 19.7 Å². The van der Waals surface area contributed by atoms with Gasteiger partial charge in [0.1, 0.15) is 17.2 Å². The van der Waals surface area contributed by atoms with E-state index in [2.05, 4.69) is 50.8 Å². The molecule has 1 aliphatic carbocycles. The van der Waals surface area contributed by atoms with Crippen molar-refractivity contribution >= 4 is 61.1 Å². The third-order valence-corrected chi connectivity index (χ3v) is 12.4. The van der Waals surface area contributed by atoms with Crippen LogP contribution in [0.4, 0.5) is 17.1 Å². The lowest BCUT2D eigenvalue weighted by Crippen LogP contribution is -2.47. The highest BCUT2D eigenvalue weighted by molar-refractivity contribution is 7.90. The van der Waals surface area contributed by atoms with Gasteiger partial charge in [0.2, 0.25) is 0 Å². The number of piperazine rings is 1. The Bertz CT molecular complexity index is 2460. The molecule has 5 aromatic rings. The number of allylic oxidation sites excluding steroid dienone is 1. The zero-order chi connectivity index (χ0) is 41.0. The minimum absolute atomic E-state index is 0.0191. The number of amides is 1. The summed E-state index contributed by atoms with van der Waals surface area (Å²) in [5.74, 6) is -0.327. The van der Waals surface area contributed by atoms with Gasteiger partial charge in [-0.2, -0.15) is 0 Å². The molecular formula is C43H47ClN6O7S. The number of halogens is 1. The van der Waals surface area contributed by atoms with Gasteiger partial charge in [0.25, 0.3) is 21.6 Å². The molecule has 15 heteroatoms. The van der Waals surface area contributed by atoms with Gasteiger partial charge in [0.15, 0.2) is 0 Å². The predicted molar refractivity (Wildman–Crippen MR) is 228 cm³/mol. The summed E-state index contributed by atoms with van der Waals surface area (Å²) in [6, 6.07) is 24.0. The van der Waals surface area contributed by atoms with Gasteiger partial charge in [-0.25, -0.2) is 13.1 Å². The van der Waals surface area contributed by atoms with Crippen molar-refractivity contribution in [3.05, 3.63) is 123 Å². The molecule has 7 rings (SSSR count). The highest BCUT2D eigenvalue weighted by atomic mass is 35.5. The minimum atomic E-state index is -4.54. The largest absolute Gasteiger partial charge is 0.456 e. The summed E-state index contributed by atoms with van der Waals surface area (Å²) < 4.78 is 40.5. The Morgan fingerprint density at radius 1 is 0.983 bits per heavy atom. The van der Waals surface area contributed by atoms with Crippen molar-refractivity contribution in [3.63, 3.8) is 0 Å². The number of nitro benzene ring substituents is 1. The van der Waals surface area contributed by atoms with E-state index in [0.717, 1.165) is 79.7 Å². The number of carbonyl (C=O) groups is 1. The summed E-state index contributed by atoms with van der Waals surface area (Å²) in [4.78, 5) is 32.4. The molecule has 2 heterocycles. The second-order valence-electron chi connectivity index (χ2n) is 15.5. The number of rotatable bonds is 14. The summed E-state index contributed by atoms with van der Waals surface area (Å²) in [7, 11) is -3.04. The number of hydrogen-bond donors (Lipinski definition) is 3. The van der Waals surface area contributed by atoms with Crippen LogP contribution in [-0.4, -0.2) is 82.1 Å². The van der Waals surface area contributed by atoms with E-state index in [1.165, 1.54) is 36.0 Å². The topological polar surface area (TPSA) is 159 Å². The maximum absolute atomic E-state index is 13.8. The summed E-state index contributed by atoms with van der Waals surface area (Å²) in [6.45, 7) is 9.24. The van der Waals surface area contributed by atoms with Crippen LogP contribution in [0.15, 0.2) is 102 Å². The van der Waals surface area contributed by atoms with Crippen LogP contribution in [0.5, 0.6) is 11.5 Å². The van der Waals surface area contributed by atoms with E-state index in [1.807, 2.05) is 36.5 Å². The molecular weight excluding hydrogens is 780 g/mol. The van der Waals surface area contributed by atoms with Crippen LogP contribution in [0, 0.1) is 15.5 Å². The van der Waals surface area contributed by atoms with Gasteiger partial charge < -0.3 is 24.7 Å². The van der Waals surface area contributed by atoms with Crippen molar-refractivity contribution in [2.24, 2.45) is 5.41 Å². The fourth-order valence-corrected chi connectivity index (χ4v) is 8.71. The number of sulfonamides is 1. The third-order valence-electron chi connectivity index (χ3n) is 10.8. The molecule has 1 fully saturated rings. The lowest BCUT2D eigenvalue weighted by atomic mass is 9.72. The van der Waals surface area contributed by atoms with Crippen molar-refractivity contribution < 1.29 is 27.6 Å². The normalized spacial score (nSPS) is 16.0. The molecule has 1 aliphatic heterocycles. The fraction of sp³-hybridized carbons (Fsp3) is 0.326. The number of nitro groups is 1. The van der Waals surface area contributed by atoms with Crippen molar-refractivity contribution in [2.45, 2.75) is 38.0 Å². The van der Waals surface area contributed by atoms with Crippen LogP contribution in [0.2, 0.25) is 5.02 Å². The molecule has 1 aromatic heterocycles. The zero-order valence-electron chi connectivity index (χ0n) is 32.7. The minimum Gasteiger partial charge on any atom is -0.456 e. The quantitative estimate of drug-likeness (QED) is 0.0563. The third kappa shape index (κ3) is 9.47. The first kappa shape index (κ1) is 40.8. The maximum Gasteiger partial charge on any atom is 0.293 e. The number of benzene rings is 4. The van der Waals surface area contributed by atoms with E-state index in [9.17, 15) is 23.3 Å². The zero-order valence-corrected chi connectivity index (χ0v) is 34.3. The molecule has 1 amide bonds. The Kier molecular flexibility index (Phi) is 12.1. The lowest BCUT2D eigenvalue weighted by Gasteiger charge is -2.39. The number of aromatic nitrogens is 1. The van der Waals surface area contributed by atoms with E-state index in [1.54, 1.807) is 24.3 Å². The van der Waals surface area contributed by atoms with E-state index < -0.39 is 31.4 Å². The molecule has 0 unspecified atom stereocenters. The number of ether oxygens (including phenoxy) is 2. The Morgan fingerprint density at radius 3 is 2.50 bits per heavy atom. The molecule has 0 saturated carbocycles. The molecule has 304 valence electrons. The molecule has 58 heavy (non-hydrogen) atoms. The first-order valence-electron chi connectivity index (χ1n) is 19.2. The Labute approximate surface area is 343 Å². The van der Waals surface area contributed by atoms with Gasteiger partial charge in [-0.05, 0) is 96.5 Å². The summed E-state index contributed by atoms with van der Waals surface area (Å²) in [5.41, 5.74) is 5.72. The fourth-order valence-electron chi connectivity index (χ4n) is 7.60. The maximum atomic E-state index is 13.8. The SMILES string of the molecule is COCCNc1ccc(S(=O)(=O)NC(=O)c2ccc(N3CCN(CC4=C(c5ccc(Cl)cc5)CC(C)(C)CC4)CC3)cc2Oc2ccc3[nH]ccc3c2)cc1[N+](=O)[O-]. The molecule has 4 aromatic carbocycles. The second kappa shape index (κ2) is 17.2. The van der Waals surface area contributed by atoms with Gasteiger partial charge in [-0.3, -0.25) is 19.8 Å². The van der Waals surface area contributed by atoms with Crippen LogP contribution in [0.1, 0.15) is 49.0 Å². The van der Waals surface area contributed by atoms with Gasteiger partial charge >= 0.3 is 0 Å². The molecule has 0 radical (unpaired) electrons. The van der Waals surface area contributed by atoms with Gasteiger partial charge in [0.05, 0.1) is 22.0 Å². The number of carbonyl (C=O) groups excluding carboxylic acids is 1. The van der Waals surface area contributed by atoms with Gasteiger partial charge in [-0.1, -0.05) is 43.2 Å². The van der Waals surface area contributed by atoms with E-state index in [-0.39, 0.29) is 35.6 Å². The molecule has 13 nitrogen and oxygen atoms in total. The van der Waals surface area contributed by atoms with E-state index in [4.69, 9.17) is 21.1 Å². The lowest BCUT2D eigenvalue weighted by molar-refractivity contribution is -0.384. The van der Waals surface area contributed by atoms with Crippen molar-refractivity contribution in [3.8, 4) is 11.5 Å². The molecule has 2 aliphatic rings. The average molecular weight is 827 g/mol. The van der Waals surface area contributed by atoms with Crippen LogP contribution in [0.3, 0.4) is 0 Å². The molecule has 0 atom stereocenters. The summed E-state index contributed by atoms with van der Waals surface area (Å²) in [5, 5.41) is 16.3.